The van der Waals surface area contributed by atoms with Crippen molar-refractivity contribution in [1.29, 1.82) is 0 Å². The molecule has 5 aromatic rings. The van der Waals surface area contributed by atoms with Crippen molar-refractivity contribution in [3.63, 3.8) is 0 Å². The molecule has 2 aliphatic rings. The highest BCUT2D eigenvalue weighted by atomic mass is 19.1. The number of aromatic nitrogens is 4. The minimum absolute atomic E-state index is 0.0445. The van der Waals surface area contributed by atoms with Gasteiger partial charge in [0.1, 0.15) is 18.3 Å². The maximum Gasteiger partial charge on any atom is 0.272 e. The number of benzene rings is 3. The number of hydrogen-bond donors (Lipinski definition) is 1. The summed E-state index contributed by atoms with van der Waals surface area (Å²) in [5.41, 5.74) is 6.18. The van der Waals surface area contributed by atoms with Gasteiger partial charge < -0.3 is 14.5 Å². The summed E-state index contributed by atoms with van der Waals surface area (Å²) in [7, 11) is 0. The van der Waals surface area contributed by atoms with Gasteiger partial charge in [-0.3, -0.25) is 19.2 Å². The lowest BCUT2D eigenvalue weighted by Gasteiger charge is -2.35. The topological polar surface area (TPSA) is 138 Å². The van der Waals surface area contributed by atoms with E-state index in [1.54, 1.807) is 28.0 Å². The summed E-state index contributed by atoms with van der Waals surface area (Å²) in [5, 5.41) is 16.7. The molecule has 3 aromatic carbocycles. The molecule has 1 fully saturated rings. The number of alkyl halides is 1. The third-order valence-corrected chi connectivity index (χ3v) is 11.3. The summed E-state index contributed by atoms with van der Waals surface area (Å²) < 4.78 is 33.4. The van der Waals surface area contributed by atoms with Gasteiger partial charge in [-0.05, 0) is 85.4 Å². The highest BCUT2D eigenvalue weighted by Crippen LogP contribution is 2.29. The molecule has 1 unspecified atom stereocenters. The molecule has 58 heavy (non-hydrogen) atoms. The van der Waals surface area contributed by atoms with Crippen LogP contribution in [0.2, 0.25) is 0 Å². The van der Waals surface area contributed by atoms with Gasteiger partial charge in [0.15, 0.2) is 0 Å². The molecule has 2 amide bonds. The van der Waals surface area contributed by atoms with E-state index in [9.17, 15) is 28.0 Å². The average molecular weight is 790 g/mol. The molecule has 1 atom stereocenters. The number of aromatic amines is 1. The van der Waals surface area contributed by atoms with Crippen LogP contribution in [-0.2, 0) is 40.0 Å². The van der Waals surface area contributed by atoms with E-state index in [0.717, 1.165) is 48.9 Å². The Morgan fingerprint density at radius 3 is 2.41 bits per heavy atom. The number of halogens is 2. The number of nitrogens with one attached hydrogen (secondary N) is 1. The van der Waals surface area contributed by atoms with Gasteiger partial charge in [0.25, 0.3) is 11.5 Å². The first-order valence-corrected chi connectivity index (χ1v) is 20.2. The number of fused-ring (bicyclic) bond motifs is 2. The summed E-state index contributed by atoms with van der Waals surface area (Å²) in [6, 6.07) is 19.6. The van der Waals surface area contributed by atoms with E-state index >= 15 is 0 Å². The first-order valence-electron chi connectivity index (χ1n) is 20.2. The fraction of sp³-hybridized carbons (Fsp3) is 0.400. The second-order valence-corrected chi connectivity index (χ2v) is 15.1. The molecular formula is C45H48F2N6O5. The Balaban J connectivity index is 0.844. The zero-order valence-corrected chi connectivity index (χ0v) is 32.6. The first-order chi connectivity index (χ1) is 28.3. The molecule has 3 heterocycles. The van der Waals surface area contributed by atoms with Crippen molar-refractivity contribution in [2.75, 3.05) is 39.5 Å². The number of ketones is 1. The Kier molecular flexibility index (Phi) is 13.4. The van der Waals surface area contributed by atoms with Crippen LogP contribution in [0.3, 0.4) is 0 Å². The molecule has 2 aromatic heterocycles. The quantitative estimate of drug-likeness (QED) is 0.137. The summed E-state index contributed by atoms with van der Waals surface area (Å²) in [5.74, 6) is -1.04. The number of rotatable bonds is 14. The van der Waals surface area contributed by atoms with Gasteiger partial charge in [0.05, 0.1) is 41.2 Å². The zero-order chi connectivity index (χ0) is 40.4. The van der Waals surface area contributed by atoms with E-state index in [1.165, 1.54) is 23.3 Å². The van der Waals surface area contributed by atoms with Crippen LogP contribution in [0.25, 0.3) is 22.0 Å². The van der Waals surface area contributed by atoms with E-state index in [0.29, 0.717) is 67.2 Å². The Morgan fingerprint density at radius 2 is 1.62 bits per heavy atom. The van der Waals surface area contributed by atoms with Gasteiger partial charge in [-0.15, -0.1) is 0 Å². The van der Waals surface area contributed by atoms with Gasteiger partial charge in [-0.1, -0.05) is 48.5 Å². The molecule has 1 N–H and O–H groups in total. The third-order valence-electron chi connectivity index (χ3n) is 11.3. The van der Waals surface area contributed by atoms with Crippen molar-refractivity contribution >= 4 is 28.4 Å². The lowest BCUT2D eigenvalue weighted by atomic mass is 9.90. The second kappa shape index (κ2) is 19.2. The highest BCUT2D eigenvalue weighted by Gasteiger charge is 2.27. The van der Waals surface area contributed by atoms with Crippen LogP contribution in [0.5, 0.6) is 0 Å². The number of carbonyl (C=O) groups is 3. The monoisotopic (exact) mass is 789 g/mol. The molecule has 13 heteroatoms. The molecule has 1 saturated heterocycles. The molecule has 0 saturated carbocycles. The summed E-state index contributed by atoms with van der Waals surface area (Å²) in [6.07, 6.45) is 8.52. The minimum Gasteiger partial charge on any atom is -0.375 e. The van der Waals surface area contributed by atoms with Crippen LogP contribution in [0.4, 0.5) is 8.78 Å². The zero-order valence-electron chi connectivity index (χ0n) is 32.6. The number of nitrogens with zero attached hydrogens (tertiary/aromatic N) is 5. The van der Waals surface area contributed by atoms with Crippen molar-refractivity contribution in [2.45, 2.75) is 76.7 Å². The molecule has 7 rings (SSSR count). The molecule has 1 aliphatic carbocycles. The van der Waals surface area contributed by atoms with Gasteiger partial charge in [-0.25, -0.2) is 13.9 Å². The predicted octanol–water partition coefficient (Wildman–Crippen LogP) is 6.39. The highest BCUT2D eigenvalue weighted by molar-refractivity contribution is 5.95. The first kappa shape index (κ1) is 40.5. The molecule has 302 valence electrons. The molecule has 0 spiro atoms. The van der Waals surface area contributed by atoms with Crippen LogP contribution >= 0.6 is 0 Å². The lowest BCUT2D eigenvalue weighted by Crippen LogP contribution is -2.50. The smallest absolute Gasteiger partial charge is 0.272 e. The van der Waals surface area contributed by atoms with Gasteiger partial charge in [-0.2, -0.15) is 15.3 Å². The molecule has 11 nitrogen and oxygen atoms in total. The van der Waals surface area contributed by atoms with Crippen LogP contribution in [0.15, 0.2) is 77.7 Å². The summed E-state index contributed by atoms with van der Waals surface area (Å²) in [6.45, 7) is 0.858. The SMILES string of the molecule is O=C(CCCC(=O)N1CCN(C(=O)c2cc(Cc3n[nH]c(=O)c4ccccc34)ccc2F)CC1)CCc1ccc(-c2nncc3c2CCC(OCC[18F])CCC3)cc1. The maximum absolute atomic E-state index is 15.0. The van der Waals surface area contributed by atoms with Crippen LogP contribution < -0.4 is 5.56 Å². The van der Waals surface area contributed by atoms with Gasteiger partial charge in [0.2, 0.25) is 5.91 Å². The molecular weight excluding hydrogens is 742 g/mol. The van der Waals surface area contributed by atoms with Crippen LogP contribution in [0, 0.1) is 5.82 Å². The number of ether oxygens (including phenoxy) is 1. The van der Waals surface area contributed by atoms with Crippen LogP contribution in [0.1, 0.15) is 83.3 Å². The maximum atomic E-state index is 15.0. The van der Waals surface area contributed by atoms with Crippen LogP contribution in [-0.4, -0.2) is 93.4 Å². The van der Waals surface area contributed by atoms with Gasteiger partial charge in [0, 0.05) is 62.8 Å². The Hall–Kier alpha value is -5.69. The predicted molar refractivity (Wildman–Crippen MR) is 216 cm³/mol. The van der Waals surface area contributed by atoms with Crippen molar-refractivity contribution in [3.05, 3.63) is 123 Å². The molecule has 0 bridgehead atoms. The number of aryl methyl sites for hydroxylation is 2. The number of hydrogen-bond acceptors (Lipinski definition) is 8. The summed E-state index contributed by atoms with van der Waals surface area (Å²) in [4.78, 5) is 54.7. The van der Waals surface area contributed by atoms with E-state index in [1.807, 2.05) is 42.6 Å². The van der Waals surface area contributed by atoms with E-state index in [4.69, 9.17) is 4.74 Å². The largest absolute Gasteiger partial charge is 0.375 e. The van der Waals surface area contributed by atoms with E-state index < -0.39 is 18.4 Å². The van der Waals surface area contributed by atoms with Gasteiger partial charge >= 0.3 is 0 Å². The van der Waals surface area contributed by atoms with Crippen molar-refractivity contribution in [2.24, 2.45) is 0 Å². The van der Waals surface area contributed by atoms with Crippen molar-refractivity contribution < 1.29 is 27.9 Å². The summed E-state index contributed by atoms with van der Waals surface area (Å²) >= 11 is 0. The fourth-order valence-electron chi connectivity index (χ4n) is 8.03. The minimum atomic E-state index is -0.628. The normalized spacial score (nSPS) is 15.8. The average Bonchev–Trinajstić information content (AvgIpc) is 3.24. The van der Waals surface area contributed by atoms with Crippen molar-refractivity contribution in [1.82, 2.24) is 30.2 Å². The lowest BCUT2D eigenvalue weighted by molar-refractivity contribution is -0.132. The Labute approximate surface area is 335 Å². The Bertz CT molecular complexity index is 2310. The second-order valence-electron chi connectivity index (χ2n) is 15.1. The number of Topliss-reactive ketones (excluding diaryl/α,β-unsaturated/α-hetero) is 1. The molecule has 0 radical (unpaired) electrons. The number of amides is 2. The van der Waals surface area contributed by atoms with E-state index in [-0.39, 0.29) is 55.0 Å². The molecule has 1 aliphatic heterocycles. The van der Waals surface area contributed by atoms with Crippen molar-refractivity contribution in [3.8, 4) is 11.3 Å². The number of piperazine rings is 1. The Morgan fingerprint density at radius 1 is 0.862 bits per heavy atom. The fourth-order valence-corrected chi connectivity index (χ4v) is 8.03. The number of carbonyl (C=O) groups excluding carboxylic acids is 3. The standard InChI is InChI=1S/C45H48F2N6O5/c46-21-26-58-35-7-3-5-33-29-48-50-43(36(33)19-18-35)32-15-11-30(12-16-32)13-17-34(54)6-4-10-42(55)52-22-24-53(25-23-52)45(57)39-27-31(14-20-40(39)47)28-41-37-8-1-2-9-38(37)44(56)51-49-41/h1-2,8-9,11-12,14-16,20,27,29,35H,3-7,10,13,17-19,21-26,28H2,(H,51,56)/i46-1. The van der Waals surface area contributed by atoms with E-state index in [2.05, 4.69) is 20.4 Å². The number of H-pyrrole nitrogens is 1. The third kappa shape index (κ3) is 9.87.